The van der Waals surface area contributed by atoms with E-state index in [0.717, 1.165) is 31.9 Å². The van der Waals surface area contributed by atoms with E-state index in [1.54, 1.807) is 12.3 Å². The fraction of sp³-hybridized carbons (Fsp3) is 0.583. The van der Waals surface area contributed by atoms with E-state index in [-0.39, 0.29) is 5.82 Å². The summed E-state index contributed by atoms with van der Waals surface area (Å²) in [6, 6.07) is 3.61. The summed E-state index contributed by atoms with van der Waals surface area (Å²) in [6.07, 6.45) is 1.57. The van der Waals surface area contributed by atoms with Gasteiger partial charge in [0, 0.05) is 44.8 Å². The average molecular weight is 265 g/mol. The molecule has 0 aliphatic carbocycles. The molecule has 1 aliphatic rings. The SMILES string of the molecule is CC(CN)N1CCN(c2ccc([N+](=O)[O-])nc2)CC1. The molecule has 0 bridgehead atoms. The highest BCUT2D eigenvalue weighted by Crippen LogP contribution is 2.18. The van der Waals surface area contributed by atoms with E-state index in [9.17, 15) is 10.1 Å². The standard InChI is InChI=1S/C12H19N5O2/c1-10(8-13)15-4-6-16(7-5-15)11-2-3-12(14-9-11)17(18)19/h2-3,9-10H,4-8,13H2,1H3. The third kappa shape index (κ3) is 3.18. The van der Waals surface area contributed by atoms with Crippen LogP contribution in [0.5, 0.6) is 0 Å². The fourth-order valence-corrected chi connectivity index (χ4v) is 2.24. The Hall–Kier alpha value is -1.73. The number of hydrogen-bond donors (Lipinski definition) is 1. The maximum atomic E-state index is 10.6. The molecule has 2 N–H and O–H groups in total. The summed E-state index contributed by atoms with van der Waals surface area (Å²) in [4.78, 5) is 18.5. The number of anilines is 1. The van der Waals surface area contributed by atoms with E-state index >= 15 is 0 Å². The summed E-state index contributed by atoms with van der Waals surface area (Å²) >= 11 is 0. The number of pyridine rings is 1. The Kier molecular flexibility index (Phi) is 4.28. The predicted octanol–water partition coefficient (Wildman–Crippen LogP) is 0.459. The van der Waals surface area contributed by atoms with Crippen LogP contribution in [0.4, 0.5) is 11.5 Å². The molecule has 1 unspecified atom stereocenters. The van der Waals surface area contributed by atoms with Gasteiger partial charge in [-0.1, -0.05) is 0 Å². The summed E-state index contributed by atoms with van der Waals surface area (Å²) in [5, 5.41) is 10.6. The Morgan fingerprint density at radius 2 is 2.11 bits per heavy atom. The topological polar surface area (TPSA) is 88.5 Å². The van der Waals surface area contributed by atoms with E-state index in [0.29, 0.717) is 12.6 Å². The van der Waals surface area contributed by atoms with Gasteiger partial charge in [0.1, 0.15) is 0 Å². The van der Waals surface area contributed by atoms with Crippen LogP contribution in [-0.4, -0.2) is 53.6 Å². The number of nitrogens with zero attached hydrogens (tertiary/aromatic N) is 4. The van der Waals surface area contributed by atoms with Crippen molar-refractivity contribution in [1.29, 1.82) is 0 Å². The molecule has 2 rings (SSSR count). The molecule has 1 fully saturated rings. The van der Waals surface area contributed by atoms with Crippen LogP contribution >= 0.6 is 0 Å². The number of nitrogens with two attached hydrogens (primary N) is 1. The summed E-state index contributed by atoms with van der Waals surface area (Å²) in [6.45, 7) is 6.49. The summed E-state index contributed by atoms with van der Waals surface area (Å²) in [5.41, 5.74) is 6.60. The number of aromatic nitrogens is 1. The van der Waals surface area contributed by atoms with Gasteiger partial charge in [-0.15, -0.1) is 0 Å². The molecular weight excluding hydrogens is 246 g/mol. The maximum Gasteiger partial charge on any atom is 0.363 e. The Morgan fingerprint density at radius 1 is 1.42 bits per heavy atom. The lowest BCUT2D eigenvalue weighted by Gasteiger charge is -2.38. The fourth-order valence-electron chi connectivity index (χ4n) is 2.24. The first-order valence-electron chi connectivity index (χ1n) is 6.41. The lowest BCUT2D eigenvalue weighted by Crippen LogP contribution is -2.51. The van der Waals surface area contributed by atoms with Crippen molar-refractivity contribution in [3.8, 4) is 0 Å². The van der Waals surface area contributed by atoms with Gasteiger partial charge in [0.05, 0.1) is 5.69 Å². The van der Waals surface area contributed by atoms with Crippen molar-refractivity contribution in [2.75, 3.05) is 37.6 Å². The largest absolute Gasteiger partial charge is 0.366 e. The minimum absolute atomic E-state index is 0.112. The van der Waals surface area contributed by atoms with Crippen molar-refractivity contribution in [2.24, 2.45) is 5.73 Å². The second-order valence-electron chi connectivity index (χ2n) is 4.74. The highest BCUT2D eigenvalue weighted by molar-refractivity contribution is 5.46. The molecule has 1 saturated heterocycles. The van der Waals surface area contributed by atoms with Gasteiger partial charge in [-0.25, -0.2) is 0 Å². The normalized spacial score (nSPS) is 18.3. The molecule has 1 aromatic rings. The van der Waals surface area contributed by atoms with Gasteiger partial charge in [-0.2, -0.15) is 0 Å². The summed E-state index contributed by atoms with van der Waals surface area (Å²) in [5.74, 6) is -0.112. The van der Waals surface area contributed by atoms with E-state index in [2.05, 4.69) is 21.7 Å². The Balaban J connectivity index is 1.96. The first-order chi connectivity index (χ1) is 9.11. The van der Waals surface area contributed by atoms with Crippen LogP contribution in [0.3, 0.4) is 0 Å². The summed E-state index contributed by atoms with van der Waals surface area (Å²) in [7, 11) is 0. The summed E-state index contributed by atoms with van der Waals surface area (Å²) < 4.78 is 0. The predicted molar refractivity (Wildman–Crippen MR) is 73.2 cm³/mol. The van der Waals surface area contributed by atoms with Gasteiger partial charge in [0.15, 0.2) is 6.20 Å². The monoisotopic (exact) mass is 265 g/mol. The molecule has 1 aromatic heterocycles. The van der Waals surface area contributed by atoms with Crippen molar-refractivity contribution in [3.05, 3.63) is 28.4 Å². The molecule has 0 amide bonds. The number of hydrogen-bond acceptors (Lipinski definition) is 6. The molecule has 1 aliphatic heterocycles. The zero-order chi connectivity index (χ0) is 13.8. The van der Waals surface area contributed by atoms with Gasteiger partial charge in [0.2, 0.25) is 0 Å². The van der Waals surface area contributed by atoms with Crippen LogP contribution in [0.2, 0.25) is 0 Å². The zero-order valence-corrected chi connectivity index (χ0v) is 11.0. The third-order valence-corrected chi connectivity index (χ3v) is 3.56. The molecule has 0 radical (unpaired) electrons. The van der Waals surface area contributed by atoms with Gasteiger partial charge < -0.3 is 20.7 Å². The number of rotatable bonds is 4. The van der Waals surface area contributed by atoms with Crippen LogP contribution in [0, 0.1) is 10.1 Å². The minimum Gasteiger partial charge on any atom is -0.366 e. The van der Waals surface area contributed by atoms with Crippen molar-refractivity contribution in [1.82, 2.24) is 9.88 Å². The Labute approximate surface area is 112 Å². The quantitative estimate of drug-likeness (QED) is 0.628. The van der Waals surface area contributed by atoms with Gasteiger partial charge >= 0.3 is 5.82 Å². The Morgan fingerprint density at radius 3 is 2.58 bits per heavy atom. The van der Waals surface area contributed by atoms with Crippen LogP contribution in [0.1, 0.15) is 6.92 Å². The molecule has 1 atom stereocenters. The van der Waals surface area contributed by atoms with Gasteiger partial charge in [0.25, 0.3) is 0 Å². The minimum atomic E-state index is -0.482. The van der Waals surface area contributed by atoms with E-state index < -0.39 is 4.92 Å². The molecule has 7 nitrogen and oxygen atoms in total. The highest BCUT2D eigenvalue weighted by Gasteiger charge is 2.21. The second kappa shape index (κ2) is 5.94. The first-order valence-corrected chi connectivity index (χ1v) is 6.41. The average Bonchev–Trinajstić information content (AvgIpc) is 2.46. The zero-order valence-electron chi connectivity index (χ0n) is 11.0. The first kappa shape index (κ1) is 13.7. The van der Waals surface area contributed by atoms with Crippen LogP contribution < -0.4 is 10.6 Å². The molecule has 19 heavy (non-hydrogen) atoms. The Bertz CT molecular complexity index is 428. The maximum absolute atomic E-state index is 10.6. The third-order valence-electron chi connectivity index (χ3n) is 3.56. The number of nitro groups is 1. The number of piperazine rings is 1. The van der Waals surface area contributed by atoms with E-state index in [1.165, 1.54) is 6.07 Å². The second-order valence-corrected chi connectivity index (χ2v) is 4.74. The molecule has 7 heteroatoms. The molecule has 0 saturated carbocycles. The van der Waals surface area contributed by atoms with Crippen LogP contribution in [0.15, 0.2) is 18.3 Å². The van der Waals surface area contributed by atoms with Crippen molar-refractivity contribution >= 4 is 11.5 Å². The van der Waals surface area contributed by atoms with E-state index in [1.807, 2.05) is 0 Å². The van der Waals surface area contributed by atoms with Gasteiger partial charge in [-0.3, -0.25) is 4.90 Å². The van der Waals surface area contributed by atoms with Crippen molar-refractivity contribution < 1.29 is 4.92 Å². The molecule has 104 valence electrons. The smallest absolute Gasteiger partial charge is 0.363 e. The molecule has 0 aromatic carbocycles. The van der Waals surface area contributed by atoms with E-state index in [4.69, 9.17) is 5.73 Å². The lowest BCUT2D eigenvalue weighted by atomic mass is 10.2. The molecule has 2 heterocycles. The lowest BCUT2D eigenvalue weighted by molar-refractivity contribution is -0.389. The molecular formula is C12H19N5O2. The van der Waals surface area contributed by atoms with Crippen molar-refractivity contribution in [3.63, 3.8) is 0 Å². The van der Waals surface area contributed by atoms with Crippen molar-refractivity contribution in [2.45, 2.75) is 13.0 Å². The van der Waals surface area contributed by atoms with Gasteiger partial charge in [-0.05, 0) is 22.9 Å². The van der Waals surface area contributed by atoms with Crippen LogP contribution in [0.25, 0.3) is 0 Å². The highest BCUT2D eigenvalue weighted by atomic mass is 16.6. The van der Waals surface area contributed by atoms with Crippen LogP contribution in [-0.2, 0) is 0 Å². The molecule has 0 spiro atoms.